The lowest BCUT2D eigenvalue weighted by molar-refractivity contribution is -0.122. The third-order valence-electron chi connectivity index (χ3n) is 4.46. The van der Waals surface area contributed by atoms with Crippen molar-refractivity contribution in [1.29, 1.82) is 0 Å². The highest BCUT2D eigenvalue weighted by Crippen LogP contribution is 2.27. The molecule has 1 saturated heterocycles. The Hall–Kier alpha value is -2.86. The number of ether oxygens (including phenoxy) is 1. The molecule has 0 bridgehead atoms. The largest absolute Gasteiger partial charge is 0.462 e. The SMILES string of the molecule is CCCOC(=O)c1ccc(NC(=O)[C@@H]2CC(=O)N(c3ccc(Cl)cc3)C2)cc1. The first-order valence-electron chi connectivity index (χ1n) is 9.12. The van der Waals surface area contributed by atoms with Gasteiger partial charge in [0.05, 0.1) is 18.1 Å². The van der Waals surface area contributed by atoms with E-state index in [0.29, 0.717) is 29.4 Å². The van der Waals surface area contributed by atoms with Gasteiger partial charge in [0.15, 0.2) is 0 Å². The van der Waals surface area contributed by atoms with Crippen molar-refractivity contribution in [3.63, 3.8) is 0 Å². The van der Waals surface area contributed by atoms with Crippen LogP contribution < -0.4 is 10.2 Å². The maximum absolute atomic E-state index is 12.5. The summed E-state index contributed by atoms with van der Waals surface area (Å²) >= 11 is 5.88. The van der Waals surface area contributed by atoms with Gasteiger partial charge in [-0.05, 0) is 55.0 Å². The Balaban J connectivity index is 1.60. The number of amides is 2. The standard InChI is InChI=1S/C21H21ClN2O4/c1-2-11-28-21(27)14-3-7-17(8-4-14)23-20(26)15-12-19(25)24(13-15)18-9-5-16(22)6-10-18/h3-10,15H,2,11-13H2,1H3,(H,23,26)/t15-/m1/s1. The van der Waals surface area contributed by atoms with Gasteiger partial charge in [0.2, 0.25) is 11.8 Å². The Labute approximate surface area is 168 Å². The van der Waals surface area contributed by atoms with Crippen LogP contribution in [-0.4, -0.2) is 30.9 Å². The summed E-state index contributed by atoms with van der Waals surface area (Å²) < 4.78 is 5.07. The van der Waals surface area contributed by atoms with Crippen LogP contribution in [0.5, 0.6) is 0 Å². The molecule has 1 aliphatic rings. The van der Waals surface area contributed by atoms with Crippen LogP contribution in [0, 0.1) is 5.92 Å². The number of hydrogen-bond donors (Lipinski definition) is 1. The van der Waals surface area contributed by atoms with Gasteiger partial charge in [0.25, 0.3) is 0 Å². The van der Waals surface area contributed by atoms with Crippen molar-refractivity contribution >= 4 is 40.8 Å². The van der Waals surface area contributed by atoms with Crippen molar-refractivity contribution in [3.05, 3.63) is 59.1 Å². The fraction of sp³-hybridized carbons (Fsp3) is 0.286. The van der Waals surface area contributed by atoms with E-state index in [1.54, 1.807) is 53.4 Å². The van der Waals surface area contributed by atoms with Crippen LogP contribution in [-0.2, 0) is 14.3 Å². The Morgan fingerprint density at radius 3 is 2.46 bits per heavy atom. The van der Waals surface area contributed by atoms with E-state index in [4.69, 9.17) is 16.3 Å². The van der Waals surface area contributed by atoms with Crippen LogP contribution in [0.2, 0.25) is 5.02 Å². The molecule has 2 amide bonds. The highest BCUT2D eigenvalue weighted by Gasteiger charge is 2.35. The number of nitrogens with zero attached hydrogens (tertiary/aromatic N) is 1. The molecule has 0 saturated carbocycles. The van der Waals surface area contributed by atoms with Gasteiger partial charge in [-0.3, -0.25) is 9.59 Å². The summed E-state index contributed by atoms with van der Waals surface area (Å²) in [5.41, 5.74) is 1.71. The van der Waals surface area contributed by atoms with Crippen molar-refractivity contribution in [2.75, 3.05) is 23.4 Å². The summed E-state index contributed by atoms with van der Waals surface area (Å²) in [6.45, 7) is 2.61. The smallest absolute Gasteiger partial charge is 0.338 e. The molecule has 2 aromatic carbocycles. The molecule has 1 aliphatic heterocycles. The first-order valence-corrected chi connectivity index (χ1v) is 9.49. The molecule has 0 aliphatic carbocycles. The van der Waals surface area contributed by atoms with Crippen LogP contribution >= 0.6 is 11.6 Å². The van der Waals surface area contributed by atoms with Gasteiger partial charge < -0.3 is 15.0 Å². The van der Waals surface area contributed by atoms with Gasteiger partial charge in [-0.2, -0.15) is 0 Å². The third kappa shape index (κ3) is 4.70. The van der Waals surface area contributed by atoms with Crippen LogP contribution in [0.25, 0.3) is 0 Å². The molecule has 146 valence electrons. The first kappa shape index (κ1) is 19.9. The average molecular weight is 401 g/mol. The monoisotopic (exact) mass is 400 g/mol. The van der Waals surface area contributed by atoms with Crippen molar-refractivity contribution in [3.8, 4) is 0 Å². The minimum Gasteiger partial charge on any atom is -0.462 e. The zero-order chi connectivity index (χ0) is 20.1. The number of carbonyl (C=O) groups is 3. The quantitative estimate of drug-likeness (QED) is 0.746. The van der Waals surface area contributed by atoms with Crippen LogP contribution in [0.4, 0.5) is 11.4 Å². The Kier molecular flexibility index (Phi) is 6.31. The van der Waals surface area contributed by atoms with Gasteiger partial charge in [-0.1, -0.05) is 18.5 Å². The summed E-state index contributed by atoms with van der Waals surface area (Å²) in [5, 5.41) is 3.39. The molecule has 1 heterocycles. The molecule has 1 atom stereocenters. The molecule has 28 heavy (non-hydrogen) atoms. The van der Waals surface area contributed by atoms with Crippen LogP contribution in [0.15, 0.2) is 48.5 Å². The second-order valence-electron chi connectivity index (χ2n) is 6.58. The van der Waals surface area contributed by atoms with Crippen molar-refractivity contribution in [1.82, 2.24) is 0 Å². The second kappa shape index (κ2) is 8.89. The molecule has 3 rings (SSSR count). The van der Waals surface area contributed by atoms with E-state index in [-0.39, 0.29) is 24.2 Å². The van der Waals surface area contributed by atoms with Gasteiger partial charge in [0, 0.05) is 29.4 Å². The highest BCUT2D eigenvalue weighted by molar-refractivity contribution is 6.30. The minimum absolute atomic E-state index is 0.100. The summed E-state index contributed by atoms with van der Waals surface area (Å²) in [4.78, 5) is 38.2. The van der Waals surface area contributed by atoms with Gasteiger partial charge >= 0.3 is 5.97 Å². The number of rotatable bonds is 6. The highest BCUT2D eigenvalue weighted by atomic mass is 35.5. The Morgan fingerprint density at radius 1 is 1.14 bits per heavy atom. The number of esters is 1. The molecular formula is C21H21ClN2O4. The molecule has 1 fully saturated rings. The summed E-state index contributed by atoms with van der Waals surface area (Å²) in [5.74, 6) is -1.17. The normalized spacial score (nSPS) is 16.1. The minimum atomic E-state index is -0.447. The Morgan fingerprint density at radius 2 is 1.82 bits per heavy atom. The lowest BCUT2D eigenvalue weighted by Gasteiger charge is -2.16. The average Bonchev–Trinajstić information content (AvgIpc) is 3.09. The number of carbonyl (C=O) groups excluding carboxylic acids is 3. The summed E-state index contributed by atoms with van der Waals surface area (Å²) in [6, 6.07) is 13.5. The van der Waals surface area contributed by atoms with E-state index in [2.05, 4.69) is 5.32 Å². The molecular weight excluding hydrogens is 380 g/mol. The fourth-order valence-corrected chi connectivity index (χ4v) is 3.09. The van der Waals surface area contributed by atoms with E-state index in [0.717, 1.165) is 12.1 Å². The first-order chi connectivity index (χ1) is 13.5. The van der Waals surface area contributed by atoms with Crippen molar-refractivity contribution < 1.29 is 19.1 Å². The van der Waals surface area contributed by atoms with Crippen molar-refractivity contribution in [2.24, 2.45) is 5.92 Å². The second-order valence-corrected chi connectivity index (χ2v) is 7.02. The van der Waals surface area contributed by atoms with E-state index in [1.807, 2.05) is 6.92 Å². The zero-order valence-corrected chi connectivity index (χ0v) is 16.2. The fourth-order valence-electron chi connectivity index (χ4n) is 2.97. The van der Waals surface area contributed by atoms with E-state index < -0.39 is 5.92 Å². The number of benzene rings is 2. The van der Waals surface area contributed by atoms with Crippen LogP contribution in [0.1, 0.15) is 30.1 Å². The summed E-state index contributed by atoms with van der Waals surface area (Å²) in [7, 11) is 0. The van der Waals surface area contributed by atoms with Gasteiger partial charge in [0.1, 0.15) is 0 Å². The number of nitrogens with one attached hydrogen (secondary N) is 1. The molecule has 0 spiro atoms. The predicted molar refractivity (Wildman–Crippen MR) is 108 cm³/mol. The molecule has 0 unspecified atom stereocenters. The van der Waals surface area contributed by atoms with Gasteiger partial charge in [-0.15, -0.1) is 0 Å². The number of halogens is 1. The molecule has 7 heteroatoms. The van der Waals surface area contributed by atoms with E-state index in [9.17, 15) is 14.4 Å². The lowest BCUT2D eigenvalue weighted by atomic mass is 10.1. The predicted octanol–water partition coefficient (Wildman–Crippen LogP) is 3.90. The van der Waals surface area contributed by atoms with Crippen molar-refractivity contribution in [2.45, 2.75) is 19.8 Å². The third-order valence-corrected chi connectivity index (χ3v) is 4.71. The maximum Gasteiger partial charge on any atom is 0.338 e. The molecule has 1 N–H and O–H groups in total. The van der Waals surface area contributed by atoms with Gasteiger partial charge in [-0.25, -0.2) is 4.79 Å². The lowest BCUT2D eigenvalue weighted by Crippen LogP contribution is -2.28. The summed E-state index contributed by atoms with van der Waals surface area (Å²) in [6.07, 6.45) is 0.906. The molecule has 6 nitrogen and oxygen atoms in total. The maximum atomic E-state index is 12.5. The molecule has 2 aromatic rings. The zero-order valence-electron chi connectivity index (χ0n) is 15.5. The van der Waals surface area contributed by atoms with E-state index in [1.165, 1.54) is 0 Å². The van der Waals surface area contributed by atoms with E-state index >= 15 is 0 Å². The Bertz CT molecular complexity index is 865. The topological polar surface area (TPSA) is 75.7 Å². The molecule has 0 radical (unpaired) electrons. The number of anilines is 2. The number of hydrogen-bond acceptors (Lipinski definition) is 4. The molecule has 0 aromatic heterocycles. The van der Waals surface area contributed by atoms with Crippen LogP contribution in [0.3, 0.4) is 0 Å².